The number of rotatable bonds is 6. The smallest absolute Gasteiger partial charge is 0.0206 e. The van der Waals surface area contributed by atoms with Gasteiger partial charge in [-0.05, 0) is 55.6 Å². The SMILES string of the molecule is CNCCNCc1ccc(-c2c(C)cc(C)cc2C)cc1. The van der Waals surface area contributed by atoms with Gasteiger partial charge in [0.25, 0.3) is 0 Å². The van der Waals surface area contributed by atoms with Crippen molar-refractivity contribution in [2.45, 2.75) is 27.3 Å². The van der Waals surface area contributed by atoms with E-state index in [-0.39, 0.29) is 0 Å². The first kappa shape index (κ1) is 15.7. The van der Waals surface area contributed by atoms with Crippen LogP contribution in [0.2, 0.25) is 0 Å². The Balaban J connectivity index is 2.12. The second-order valence-electron chi connectivity index (χ2n) is 5.75. The average Bonchev–Trinajstić information content (AvgIpc) is 2.44. The molecule has 2 aromatic carbocycles. The fourth-order valence-corrected chi connectivity index (χ4v) is 2.87. The zero-order valence-electron chi connectivity index (χ0n) is 13.6. The van der Waals surface area contributed by atoms with Gasteiger partial charge in [0, 0.05) is 19.6 Å². The van der Waals surface area contributed by atoms with Crippen molar-refractivity contribution in [3.8, 4) is 11.1 Å². The van der Waals surface area contributed by atoms with Gasteiger partial charge in [0.05, 0.1) is 0 Å². The Bertz CT molecular complexity index is 562. The van der Waals surface area contributed by atoms with Crippen molar-refractivity contribution in [2.75, 3.05) is 20.1 Å². The van der Waals surface area contributed by atoms with Gasteiger partial charge in [0.2, 0.25) is 0 Å². The molecule has 0 aliphatic heterocycles. The van der Waals surface area contributed by atoms with Gasteiger partial charge in [0.1, 0.15) is 0 Å². The van der Waals surface area contributed by atoms with Crippen LogP contribution in [0.4, 0.5) is 0 Å². The monoisotopic (exact) mass is 282 g/mol. The summed E-state index contributed by atoms with van der Waals surface area (Å²) in [6.45, 7) is 9.47. The number of hydrogen-bond donors (Lipinski definition) is 2. The summed E-state index contributed by atoms with van der Waals surface area (Å²) in [4.78, 5) is 0. The van der Waals surface area contributed by atoms with Crippen LogP contribution in [0, 0.1) is 20.8 Å². The molecule has 2 nitrogen and oxygen atoms in total. The molecule has 0 aromatic heterocycles. The standard InChI is InChI=1S/C19H26N2/c1-14-11-15(2)19(16(3)12-14)18-7-5-17(6-8-18)13-21-10-9-20-4/h5-8,11-12,20-21H,9-10,13H2,1-4H3. The summed E-state index contributed by atoms with van der Waals surface area (Å²) in [5.74, 6) is 0. The second kappa shape index (κ2) is 7.39. The summed E-state index contributed by atoms with van der Waals surface area (Å²) in [6.07, 6.45) is 0. The number of benzene rings is 2. The highest BCUT2D eigenvalue weighted by Crippen LogP contribution is 2.28. The van der Waals surface area contributed by atoms with Crippen LogP contribution in [0.3, 0.4) is 0 Å². The van der Waals surface area contributed by atoms with Crippen LogP contribution in [0.25, 0.3) is 11.1 Å². The minimum absolute atomic E-state index is 0.924. The van der Waals surface area contributed by atoms with Crippen LogP contribution in [0.15, 0.2) is 36.4 Å². The van der Waals surface area contributed by atoms with Gasteiger partial charge in [-0.2, -0.15) is 0 Å². The maximum absolute atomic E-state index is 3.43. The second-order valence-corrected chi connectivity index (χ2v) is 5.75. The minimum atomic E-state index is 0.924. The van der Waals surface area contributed by atoms with E-state index in [0.717, 1.165) is 19.6 Å². The number of likely N-dealkylation sites (N-methyl/N-ethyl adjacent to an activating group) is 1. The van der Waals surface area contributed by atoms with Crippen molar-refractivity contribution in [1.82, 2.24) is 10.6 Å². The highest BCUT2D eigenvalue weighted by molar-refractivity contribution is 5.71. The zero-order valence-corrected chi connectivity index (χ0v) is 13.6. The van der Waals surface area contributed by atoms with E-state index < -0.39 is 0 Å². The van der Waals surface area contributed by atoms with Crippen LogP contribution in [0.1, 0.15) is 22.3 Å². The molecule has 0 aliphatic rings. The van der Waals surface area contributed by atoms with E-state index in [1.165, 1.54) is 33.4 Å². The molecule has 2 heteroatoms. The molecule has 112 valence electrons. The van der Waals surface area contributed by atoms with Crippen molar-refractivity contribution in [3.63, 3.8) is 0 Å². The topological polar surface area (TPSA) is 24.1 Å². The first-order valence-electron chi connectivity index (χ1n) is 7.64. The van der Waals surface area contributed by atoms with Crippen molar-refractivity contribution in [1.29, 1.82) is 0 Å². The van der Waals surface area contributed by atoms with Gasteiger partial charge in [-0.1, -0.05) is 42.0 Å². The Morgan fingerprint density at radius 3 is 2.05 bits per heavy atom. The van der Waals surface area contributed by atoms with Gasteiger partial charge in [-0.25, -0.2) is 0 Å². The Labute approximate surface area is 128 Å². The minimum Gasteiger partial charge on any atom is -0.318 e. The van der Waals surface area contributed by atoms with Crippen molar-refractivity contribution >= 4 is 0 Å². The molecule has 21 heavy (non-hydrogen) atoms. The van der Waals surface area contributed by atoms with Gasteiger partial charge in [-0.15, -0.1) is 0 Å². The molecule has 2 aromatic rings. The molecule has 0 aliphatic carbocycles. The van der Waals surface area contributed by atoms with Crippen molar-refractivity contribution in [3.05, 3.63) is 58.7 Å². The molecule has 0 atom stereocenters. The summed E-state index contributed by atoms with van der Waals surface area (Å²) in [7, 11) is 1.97. The normalized spacial score (nSPS) is 10.9. The highest BCUT2D eigenvalue weighted by atomic mass is 14.9. The lowest BCUT2D eigenvalue weighted by Gasteiger charge is -2.12. The molecule has 0 spiro atoms. The molecule has 0 fully saturated rings. The lowest BCUT2D eigenvalue weighted by molar-refractivity contribution is 0.651. The molecule has 0 unspecified atom stereocenters. The fraction of sp³-hybridized carbons (Fsp3) is 0.368. The van der Waals surface area contributed by atoms with Gasteiger partial charge < -0.3 is 10.6 Å². The first-order valence-corrected chi connectivity index (χ1v) is 7.64. The molecule has 0 saturated carbocycles. The van der Waals surface area contributed by atoms with E-state index in [0.29, 0.717) is 0 Å². The predicted molar refractivity (Wildman–Crippen MR) is 91.7 cm³/mol. The molecular weight excluding hydrogens is 256 g/mol. The molecule has 0 radical (unpaired) electrons. The van der Waals surface area contributed by atoms with Crippen LogP contribution < -0.4 is 10.6 Å². The maximum atomic E-state index is 3.43. The summed E-state index contributed by atoms with van der Waals surface area (Å²) >= 11 is 0. The molecule has 2 rings (SSSR count). The fourth-order valence-electron chi connectivity index (χ4n) is 2.87. The lowest BCUT2D eigenvalue weighted by Crippen LogP contribution is -2.24. The molecule has 0 amide bonds. The van der Waals surface area contributed by atoms with Crippen LogP contribution in [0.5, 0.6) is 0 Å². The summed E-state index contributed by atoms with van der Waals surface area (Å²) in [6, 6.07) is 13.4. The molecular formula is C19H26N2. The van der Waals surface area contributed by atoms with E-state index in [4.69, 9.17) is 0 Å². The number of nitrogens with one attached hydrogen (secondary N) is 2. The van der Waals surface area contributed by atoms with Crippen molar-refractivity contribution in [2.24, 2.45) is 0 Å². The number of aryl methyl sites for hydroxylation is 3. The highest BCUT2D eigenvalue weighted by Gasteiger charge is 2.06. The van der Waals surface area contributed by atoms with E-state index in [1.54, 1.807) is 0 Å². The molecule has 0 heterocycles. The average molecular weight is 282 g/mol. The Morgan fingerprint density at radius 2 is 1.48 bits per heavy atom. The Hall–Kier alpha value is -1.64. The van der Waals surface area contributed by atoms with Crippen LogP contribution in [-0.4, -0.2) is 20.1 Å². The van der Waals surface area contributed by atoms with Crippen LogP contribution >= 0.6 is 0 Å². The summed E-state index contributed by atoms with van der Waals surface area (Å²) in [5, 5.41) is 6.57. The molecule has 0 saturated heterocycles. The van der Waals surface area contributed by atoms with E-state index in [2.05, 4.69) is 67.8 Å². The van der Waals surface area contributed by atoms with Gasteiger partial charge in [-0.3, -0.25) is 0 Å². The maximum Gasteiger partial charge on any atom is 0.0206 e. The molecule has 0 bridgehead atoms. The van der Waals surface area contributed by atoms with E-state index in [9.17, 15) is 0 Å². The number of hydrogen-bond acceptors (Lipinski definition) is 2. The summed E-state index contributed by atoms with van der Waals surface area (Å²) < 4.78 is 0. The molecule has 2 N–H and O–H groups in total. The summed E-state index contributed by atoms with van der Waals surface area (Å²) in [5.41, 5.74) is 8.05. The third-order valence-corrected chi connectivity index (χ3v) is 3.80. The zero-order chi connectivity index (χ0) is 15.2. The van der Waals surface area contributed by atoms with Gasteiger partial charge >= 0.3 is 0 Å². The van der Waals surface area contributed by atoms with Gasteiger partial charge in [0.15, 0.2) is 0 Å². The first-order chi connectivity index (χ1) is 10.1. The lowest BCUT2D eigenvalue weighted by atomic mass is 9.93. The largest absolute Gasteiger partial charge is 0.318 e. The van der Waals surface area contributed by atoms with Crippen LogP contribution in [-0.2, 0) is 6.54 Å². The quantitative estimate of drug-likeness (QED) is 0.791. The van der Waals surface area contributed by atoms with Crippen molar-refractivity contribution < 1.29 is 0 Å². The van der Waals surface area contributed by atoms with E-state index in [1.807, 2.05) is 7.05 Å². The van der Waals surface area contributed by atoms with E-state index >= 15 is 0 Å². The third kappa shape index (κ3) is 4.16. The Kier molecular flexibility index (Phi) is 5.54. The predicted octanol–water partition coefficient (Wildman–Crippen LogP) is 3.59. The Morgan fingerprint density at radius 1 is 0.857 bits per heavy atom. The third-order valence-electron chi connectivity index (χ3n) is 3.80.